The fourth-order valence-corrected chi connectivity index (χ4v) is 3.45. The molecule has 8 heteroatoms. The van der Waals surface area contributed by atoms with Crippen LogP contribution in [0.2, 0.25) is 10.0 Å². The van der Waals surface area contributed by atoms with Crippen LogP contribution >= 0.6 is 23.2 Å². The molecule has 0 radical (unpaired) electrons. The van der Waals surface area contributed by atoms with E-state index in [1.54, 1.807) is 30.3 Å². The molecular formula is C22H23Cl2N5O. The number of amides is 1. The average Bonchev–Trinajstić information content (AvgIpc) is 2.70. The zero-order valence-corrected chi connectivity index (χ0v) is 18.6. The number of carbonyl (C=O) groups is 1. The summed E-state index contributed by atoms with van der Waals surface area (Å²) in [6, 6.07) is 14.0. The van der Waals surface area contributed by atoms with Gasteiger partial charge in [-0.2, -0.15) is 4.98 Å². The van der Waals surface area contributed by atoms with E-state index in [4.69, 9.17) is 23.2 Å². The Labute approximate surface area is 186 Å². The molecule has 3 rings (SSSR count). The lowest BCUT2D eigenvalue weighted by atomic mass is 10.2. The van der Waals surface area contributed by atoms with Crippen LogP contribution in [0.5, 0.6) is 0 Å². The minimum atomic E-state index is -0.303. The van der Waals surface area contributed by atoms with Crippen molar-refractivity contribution in [3.63, 3.8) is 0 Å². The van der Waals surface area contributed by atoms with Gasteiger partial charge in [0.25, 0.3) is 5.91 Å². The van der Waals surface area contributed by atoms with Crippen molar-refractivity contribution >= 4 is 52.3 Å². The fraction of sp³-hybridized carbons (Fsp3) is 0.227. The second-order valence-electron chi connectivity index (χ2n) is 6.64. The highest BCUT2D eigenvalue weighted by Gasteiger charge is 2.11. The van der Waals surface area contributed by atoms with Gasteiger partial charge in [0.1, 0.15) is 5.82 Å². The number of nitrogens with one attached hydrogen (secondary N) is 2. The van der Waals surface area contributed by atoms with Crippen molar-refractivity contribution in [2.75, 3.05) is 28.6 Å². The highest BCUT2D eigenvalue weighted by molar-refractivity contribution is 6.37. The number of anilines is 4. The molecule has 6 nitrogen and oxygen atoms in total. The van der Waals surface area contributed by atoms with E-state index in [1.165, 1.54) is 0 Å². The fourth-order valence-electron chi connectivity index (χ4n) is 2.96. The predicted molar refractivity (Wildman–Crippen MR) is 124 cm³/mol. The van der Waals surface area contributed by atoms with E-state index in [2.05, 4.69) is 39.3 Å². The van der Waals surface area contributed by atoms with Gasteiger partial charge in [-0.05, 0) is 63.2 Å². The van der Waals surface area contributed by atoms with Crippen LogP contribution < -0.4 is 15.5 Å². The van der Waals surface area contributed by atoms with Gasteiger partial charge >= 0.3 is 0 Å². The monoisotopic (exact) mass is 443 g/mol. The van der Waals surface area contributed by atoms with Gasteiger partial charge in [-0.3, -0.25) is 4.79 Å². The first-order chi connectivity index (χ1) is 14.4. The molecule has 0 saturated carbocycles. The number of carbonyl (C=O) groups excluding carboxylic acids is 1. The molecule has 1 aromatic heterocycles. The van der Waals surface area contributed by atoms with Crippen LogP contribution in [0.1, 0.15) is 29.9 Å². The lowest BCUT2D eigenvalue weighted by Gasteiger charge is -2.20. The minimum absolute atomic E-state index is 0.303. The van der Waals surface area contributed by atoms with Crippen molar-refractivity contribution in [1.82, 2.24) is 9.97 Å². The first kappa shape index (κ1) is 21.9. The van der Waals surface area contributed by atoms with E-state index in [9.17, 15) is 4.79 Å². The Morgan fingerprint density at radius 1 is 0.967 bits per heavy atom. The van der Waals surface area contributed by atoms with Gasteiger partial charge in [-0.25, -0.2) is 4.98 Å². The quantitative estimate of drug-likeness (QED) is 0.473. The lowest BCUT2D eigenvalue weighted by Crippen LogP contribution is -2.23. The van der Waals surface area contributed by atoms with Crippen molar-refractivity contribution in [3.05, 3.63) is 69.8 Å². The predicted octanol–water partition coefficient (Wildman–Crippen LogP) is 5.93. The molecule has 0 fully saturated rings. The molecule has 0 spiro atoms. The third-order valence-corrected chi connectivity index (χ3v) is 5.05. The van der Waals surface area contributed by atoms with Crippen LogP contribution in [0.25, 0.3) is 0 Å². The summed E-state index contributed by atoms with van der Waals surface area (Å²) in [5, 5.41) is 6.83. The maximum Gasteiger partial charge on any atom is 0.257 e. The maximum atomic E-state index is 12.4. The second-order valence-corrected chi connectivity index (χ2v) is 7.49. The van der Waals surface area contributed by atoms with Crippen LogP contribution in [-0.4, -0.2) is 29.0 Å². The van der Waals surface area contributed by atoms with Gasteiger partial charge in [-0.15, -0.1) is 0 Å². The highest BCUT2D eigenvalue weighted by Crippen LogP contribution is 2.23. The molecule has 2 N–H and O–H groups in total. The standard InChI is InChI=1S/C22H23Cl2N5O/c1-4-29(5-2)20-12-14(3)25-22(28-20)27-17-9-7-16(8-10-17)26-21(30)18-11-6-15(23)13-19(18)24/h6-13H,4-5H2,1-3H3,(H,26,30)(H,25,27,28). The number of hydrogen-bond acceptors (Lipinski definition) is 5. The second kappa shape index (κ2) is 9.78. The van der Waals surface area contributed by atoms with Crippen LogP contribution in [0.3, 0.4) is 0 Å². The van der Waals surface area contributed by atoms with Crippen molar-refractivity contribution < 1.29 is 4.79 Å². The van der Waals surface area contributed by atoms with Crippen LogP contribution in [-0.2, 0) is 0 Å². The molecule has 0 atom stereocenters. The molecule has 30 heavy (non-hydrogen) atoms. The molecule has 0 bridgehead atoms. The summed E-state index contributed by atoms with van der Waals surface area (Å²) in [5.74, 6) is 1.11. The SMILES string of the molecule is CCN(CC)c1cc(C)nc(Nc2ccc(NC(=O)c3ccc(Cl)cc3Cl)cc2)n1. The van der Waals surface area contributed by atoms with E-state index in [1.807, 2.05) is 25.1 Å². The molecule has 0 saturated heterocycles. The minimum Gasteiger partial charge on any atom is -0.357 e. The van der Waals surface area contributed by atoms with Gasteiger partial charge < -0.3 is 15.5 Å². The van der Waals surface area contributed by atoms with E-state index in [0.717, 1.165) is 30.3 Å². The van der Waals surface area contributed by atoms with E-state index in [-0.39, 0.29) is 5.91 Å². The number of benzene rings is 2. The number of halogens is 2. The molecule has 0 aliphatic heterocycles. The van der Waals surface area contributed by atoms with Gasteiger partial charge in [0.15, 0.2) is 0 Å². The summed E-state index contributed by atoms with van der Waals surface area (Å²) >= 11 is 12.0. The molecule has 2 aromatic carbocycles. The van der Waals surface area contributed by atoms with Crippen molar-refractivity contribution in [1.29, 1.82) is 0 Å². The number of rotatable bonds is 7. The van der Waals surface area contributed by atoms with Crippen molar-refractivity contribution in [2.45, 2.75) is 20.8 Å². The smallest absolute Gasteiger partial charge is 0.257 e. The third kappa shape index (κ3) is 5.40. The van der Waals surface area contributed by atoms with Crippen LogP contribution in [0.15, 0.2) is 48.5 Å². The van der Waals surface area contributed by atoms with Crippen molar-refractivity contribution in [3.8, 4) is 0 Å². The maximum absolute atomic E-state index is 12.4. The number of hydrogen-bond donors (Lipinski definition) is 2. The Hall–Kier alpha value is -2.83. The number of aryl methyl sites for hydroxylation is 1. The van der Waals surface area contributed by atoms with Gasteiger partial charge in [0.05, 0.1) is 10.6 Å². The van der Waals surface area contributed by atoms with E-state index < -0.39 is 0 Å². The topological polar surface area (TPSA) is 70.2 Å². The summed E-state index contributed by atoms with van der Waals surface area (Å²) in [7, 11) is 0. The summed E-state index contributed by atoms with van der Waals surface area (Å²) in [4.78, 5) is 23.7. The third-order valence-electron chi connectivity index (χ3n) is 4.50. The normalized spacial score (nSPS) is 10.6. The number of nitrogens with zero attached hydrogens (tertiary/aromatic N) is 3. The van der Waals surface area contributed by atoms with Crippen molar-refractivity contribution in [2.24, 2.45) is 0 Å². The molecule has 0 unspecified atom stereocenters. The zero-order chi connectivity index (χ0) is 21.7. The van der Waals surface area contributed by atoms with E-state index >= 15 is 0 Å². The summed E-state index contributed by atoms with van der Waals surface area (Å²) in [5.41, 5.74) is 2.71. The lowest BCUT2D eigenvalue weighted by molar-refractivity contribution is 0.102. The first-order valence-corrected chi connectivity index (χ1v) is 10.4. The average molecular weight is 444 g/mol. The van der Waals surface area contributed by atoms with Crippen LogP contribution in [0.4, 0.5) is 23.1 Å². The molecular weight excluding hydrogens is 421 g/mol. The zero-order valence-electron chi connectivity index (χ0n) is 17.0. The number of aromatic nitrogens is 2. The highest BCUT2D eigenvalue weighted by atomic mass is 35.5. The molecule has 1 amide bonds. The summed E-state index contributed by atoms with van der Waals surface area (Å²) in [6.45, 7) is 7.88. The molecule has 3 aromatic rings. The Morgan fingerprint density at radius 3 is 2.27 bits per heavy atom. The molecule has 1 heterocycles. The van der Waals surface area contributed by atoms with Crippen LogP contribution in [0, 0.1) is 6.92 Å². The van der Waals surface area contributed by atoms with Gasteiger partial charge in [-0.1, -0.05) is 23.2 Å². The summed E-state index contributed by atoms with van der Waals surface area (Å²) in [6.07, 6.45) is 0. The molecule has 156 valence electrons. The Morgan fingerprint density at radius 2 is 1.63 bits per heavy atom. The first-order valence-electron chi connectivity index (χ1n) is 9.63. The molecule has 0 aliphatic rings. The Kier molecular flexibility index (Phi) is 7.13. The van der Waals surface area contributed by atoms with E-state index in [0.29, 0.717) is 27.2 Å². The van der Waals surface area contributed by atoms with Gasteiger partial charge in [0, 0.05) is 41.2 Å². The van der Waals surface area contributed by atoms with Gasteiger partial charge in [0.2, 0.25) is 5.95 Å². The summed E-state index contributed by atoms with van der Waals surface area (Å²) < 4.78 is 0. The largest absolute Gasteiger partial charge is 0.357 e. The molecule has 0 aliphatic carbocycles. The Bertz CT molecular complexity index is 1040. The Balaban J connectivity index is 1.71.